The molecule has 0 fully saturated rings. The van der Waals surface area contributed by atoms with E-state index in [-0.39, 0.29) is 11.8 Å². The van der Waals surface area contributed by atoms with Gasteiger partial charge in [-0.25, -0.2) is 4.79 Å². The van der Waals surface area contributed by atoms with Crippen LogP contribution in [0.25, 0.3) is 22.6 Å². The molecular weight excluding hydrogens is 521 g/mol. The maximum atomic E-state index is 12.5. The molecule has 8 heteroatoms. The first kappa shape index (κ1) is 22.3. The number of nitrogens with zero attached hydrogens (tertiary/aromatic N) is 2. The van der Waals surface area contributed by atoms with Gasteiger partial charge in [-0.2, -0.15) is 0 Å². The number of hydrogen-bond acceptors (Lipinski definition) is 6. The Bertz CT molecular complexity index is 1240. The van der Waals surface area contributed by atoms with E-state index in [4.69, 9.17) is 13.6 Å². The number of nitrogens with one attached hydrogen (secondary N) is 1. The minimum Gasteiger partial charge on any atom is -0.451 e. The van der Waals surface area contributed by atoms with E-state index in [1.165, 1.54) is 0 Å². The topological polar surface area (TPSA) is 90.4 Å². The first-order valence-electron chi connectivity index (χ1n) is 10.3. The SMILES string of the molecule is Cc1c(-c2nnc([C@H](Cc3ccc(I)cc3)NC(=O)OC(C)(C)C)o2)oc2ccccc12. The Labute approximate surface area is 199 Å². The number of halogens is 1. The zero-order chi connectivity index (χ0) is 22.9. The zero-order valence-corrected chi connectivity index (χ0v) is 20.5. The van der Waals surface area contributed by atoms with Gasteiger partial charge in [-0.1, -0.05) is 30.3 Å². The second kappa shape index (κ2) is 8.93. The van der Waals surface area contributed by atoms with Crippen LogP contribution in [0.4, 0.5) is 4.79 Å². The van der Waals surface area contributed by atoms with E-state index < -0.39 is 17.7 Å². The quantitative estimate of drug-likeness (QED) is 0.300. The van der Waals surface area contributed by atoms with Crippen LogP contribution in [0.5, 0.6) is 0 Å². The van der Waals surface area contributed by atoms with E-state index in [2.05, 4.69) is 38.1 Å². The van der Waals surface area contributed by atoms with Crippen LogP contribution in [0.2, 0.25) is 0 Å². The molecule has 166 valence electrons. The average molecular weight is 545 g/mol. The Morgan fingerprint density at radius 2 is 1.81 bits per heavy atom. The number of rotatable bonds is 5. The normalized spacial score (nSPS) is 12.7. The lowest BCUT2D eigenvalue weighted by Crippen LogP contribution is -2.36. The molecule has 1 amide bonds. The average Bonchev–Trinajstić information content (AvgIpc) is 3.33. The summed E-state index contributed by atoms with van der Waals surface area (Å²) in [5.41, 5.74) is 2.07. The Balaban J connectivity index is 1.64. The molecule has 1 N–H and O–H groups in total. The number of ether oxygens (including phenoxy) is 1. The number of furan rings is 1. The number of carbonyl (C=O) groups is 1. The molecule has 2 heterocycles. The first-order valence-corrected chi connectivity index (χ1v) is 11.3. The fourth-order valence-corrected chi connectivity index (χ4v) is 3.71. The van der Waals surface area contributed by atoms with Gasteiger partial charge in [0, 0.05) is 20.9 Å². The predicted molar refractivity (Wildman–Crippen MR) is 129 cm³/mol. The number of benzene rings is 2. The van der Waals surface area contributed by atoms with Gasteiger partial charge in [0.25, 0.3) is 5.89 Å². The van der Waals surface area contributed by atoms with Gasteiger partial charge < -0.3 is 18.9 Å². The highest BCUT2D eigenvalue weighted by Crippen LogP contribution is 2.33. The van der Waals surface area contributed by atoms with Crippen LogP contribution in [0.15, 0.2) is 57.4 Å². The molecule has 32 heavy (non-hydrogen) atoms. The van der Waals surface area contributed by atoms with Crippen molar-refractivity contribution in [3.63, 3.8) is 0 Å². The van der Waals surface area contributed by atoms with E-state index >= 15 is 0 Å². The molecule has 2 aromatic heterocycles. The predicted octanol–water partition coefficient (Wildman–Crippen LogP) is 6.20. The highest BCUT2D eigenvalue weighted by atomic mass is 127. The van der Waals surface area contributed by atoms with Gasteiger partial charge in [-0.15, -0.1) is 10.2 Å². The van der Waals surface area contributed by atoms with Gasteiger partial charge in [-0.05, 0) is 74.0 Å². The van der Waals surface area contributed by atoms with Crippen LogP contribution >= 0.6 is 22.6 Å². The van der Waals surface area contributed by atoms with Gasteiger partial charge in [0.1, 0.15) is 17.2 Å². The molecule has 0 saturated heterocycles. The summed E-state index contributed by atoms with van der Waals surface area (Å²) in [4.78, 5) is 12.5. The van der Waals surface area contributed by atoms with Crippen molar-refractivity contribution >= 4 is 39.7 Å². The van der Waals surface area contributed by atoms with Gasteiger partial charge in [0.05, 0.1) is 0 Å². The Kier molecular flexibility index (Phi) is 6.23. The molecule has 4 aromatic rings. The van der Waals surface area contributed by atoms with Crippen LogP contribution in [-0.4, -0.2) is 21.9 Å². The van der Waals surface area contributed by atoms with E-state index in [1.807, 2.05) is 76.2 Å². The number of hydrogen-bond donors (Lipinski definition) is 1. The van der Waals surface area contributed by atoms with E-state index in [1.54, 1.807) is 0 Å². The largest absolute Gasteiger partial charge is 0.451 e. The molecule has 0 aliphatic carbocycles. The second-order valence-electron chi connectivity index (χ2n) is 8.53. The molecule has 0 radical (unpaired) electrons. The van der Waals surface area contributed by atoms with Gasteiger partial charge in [0.2, 0.25) is 5.89 Å². The summed E-state index contributed by atoms with van der Waals surface area (Å²) in [7, 11) is 0. The van der Waals surface area contributed by atoms with Crippen LogP contribution in [-0.2, 0) is 11.2 Å². The first-order chi connectivity index (χ1) is 15.2. The molecule has 4 rings (SSSR count). The summed E-state index contributed by atoms with van der Waals surface area (Å²) in [6, 6.07) is 15.2. The number of aromatic nitrogens is 2. The van der Waals surface area contributed by atoms with Crippen molar-refractivity contribution in [2.75, 3.05) is 0 Å². The molecule has 0 spiro atoms. The Morgan fingerprint density at radius 3 is 2.50 bits per heavy atom. The Morgan fingerprint density at radius 1 is 1.09 bits per heavy atom. The minimum absolute atomic E-state index is 0.271. The van der Waals surface area contributed by atoms with Gasteiger partial charge >= 0.3 is 6.09 Å². The lowest BCUT2D eigenvalue weighted by Gasteiger charge is -2.22. The molecule has 7 nitrogen and oxygen atoms in total. The summed E-state index contributed by atoms with van der Waals surface area (Å²) in [5, 5.41) is 12.3. The lowest BCUT2D eigenvalue weighted by molar-refractivity contribution is 0.0495. The van der Waals surface area contributed by atoms with Crippen molar-refractivity contribution in [2.24, 2.45) is 0 Å². The van der Waals surface area contributed by atoms with E-state index in [9.17, 15) is 4.79 Å². The van der Waals surface area contributed by atoms with Crippen LogP contribution in [0.3, 0.4) is 0 Å². The fraction of sp³-hybridized carbons (Fsp3) is 0.292. The molecular formula is C24H24IN3O4. The van der Waals surface area contributed by atoms with Crippen molar-refractivity contribution in [2.45, 2.75) is 45.8 Å². The Hall–Kier alpha value is -2.88. The third-order valence-corrected chi connectivity index (χ3v) is 5.54. The second-order valence-corrected chi connectivity index (χ2v) is 9.77. The highest BCUT2D eigenvalue weighted by Gasteiger charge is 2.26. The number of carbonyl (C=O) groups excluding carboxylic acids is 1. The molecule has 0 aliphatic rings. The highest BCUT2D eigenvalue weighted by molar-refractivity contribution is 14.1. The van der Waals surface area contributed by atoms with E-state index in [0.29, 0.717) is 12.2 Å². The summed E-state index contributed by atoms with van der Waals surface area (Å²) in [6.07, 6.45) is -0.0793. The maximum absolute atomic E-state index is 12.5. The van der Waals surface area contributed by atoms with Crippen LogP contribution in [0.1, 0.15) is 43.8 Å². The number of para-hydroxylation sites is 1. The molecule has 0 unspecified atom stereocenters. The zero-order valence-electron chi connectivity index (χ0n) is 18.3. The van der Waals surface area contributed by atoms with E-state index in [0.717, 1.165) is 25.7 Å². The van der Waals surface area contributed by atoms with Crippen LogP contribution in [0, 0.1) is 10.5 Å². The summed E-state index contributed by atoms with van der Waals surface area (Å²) >= 11 is 2.25. The smallest absolute Gasteiger partial charge is 0.408 e. The van der Waals surface area contributed by atoms with Crippen LogP contribution < -0.4 is 5.32 Å². The fourth-order valence-electron chi connectivity index (χ4n) is 3.35. The summed E-state index contributed by atoms with van der Waals surface area (Å²) in [6.45, 7) is 7.40. The monoisotopic (exact) mass is 545 g/mol. The lowest BCUT2D eigenvalue weighted by atomic mass is 10.1. The summed E-state index contributed by atoms with van der Waals surface area (Å²) < 4.78 is 18.5. The minimum atomic E-state index is -0.622. The maximum Gasteiger partial charge on any atom is 0.408 e. The van der Waals surface area contributed by atoms with Crippen molar-refractivity contribution in [3.05, 3.63) is 69.1 Å². The molecule has 0 bridgehead atoms. The third-order valence-electron chi connectivity index (χ3n) is 4.82. The van der Waals surface area contributed by atoms with Crippen molar-refractivity contribution in [1.82, 2.24) is 15.5 Å². The van der Waals surface area contributed by atoms with Crippen molar-refractivity contribution in [3.8, 4) is 11.7 Å². The van der Waals surface area contributed by atoms with Crippen molar-refractivity contribution in [1.29, 1.82) is 0 Å². The molecule has 2 aromatic carbocycles. The van der Waals surface area contributed by atoms with Gasteiger partial charge in [0.15, 0.2) is 5.76 Å². The number of fused-ring (bicyclic) bond motifs is 1. The van der Waals surface area contributed by atoms with Gasteiger partial charge in [-0.3, -0.25) is 0 Å². The molecule has 0 aliphatic heterocycles. The number of amides is 1. The standard InChI is InChI=1S/C24H24IN3O4/c1-14-17-7-5-6-8-19(17)30-20(14)22-28-27-21(31-22)18(26-23(29)32-24(2,3)4)13-15-9-11-16(25)12-10-15/h5-12,18H,13H2,1-4H3,(H,26,29)/t18-/m0/s1. The number of aryl methyl sites for hydroxylation is 1. The van der Waals surface area contributed by atoms with Crippen molar-refractivity contribution < 1.29 is 18.4 Å². The third kappa shape index (κ3) is 5.12. The molecule has 0 saturated carbocycles. The summed E-state index contributed by atoms with van der Waals surface area (Å²) in [5.74, 6) is 1.08. The molecule has 1 atom stereocenters. The number of alkyl carbamates (subject to hydrolysis) is 1.